The SMILES string of the molecule is Cc1cc(C)cc(-n2nnn(CN3CCC(O)CC3)c2=S)c1. The van der Waals surface area contributed by atoms with Gasteiger partial charge in [-0.05, 0) is 72.6 Å². The van der Waals surface area contributed by atoms with Crippen molar-refractivity contribution in [3.05, 3.63) is 34.1 Å². The third kappa shape index (κ3) is 3.26. The standard InChI is InChI=1S/C15H21N5OS/c1-11-7-12(2)9-13(8-11)20-15(22)19(16-17-20)10-18-5-3-14(21)4-6-18/h7-9,14,21H,3-6,10H2,1-2H3. The van der Waals surface area contributed by atoms with E-state index in [0.29, 0.717) is 11.4 Å². The van der Waals surface area contributed by atoms with Gasteiger partial charge in [-0.25, -0.2) is 4.68 Å². The second-order valence-corrected chi connectivity index (χ2v) is 6.37. The van der Waals surface area contributed by atoms with Crippen LogP contribution in [0.4, 0.5) is 0 Å². The molecular weight excluding hydrogens is 298 g/mol. The van der Waals surface area contributed by atoms with Gasteiger partial charge in [0.05, 0.1) is 18.5 Å². The van der Waals surface area contributed by atoms with Crippen molar-refractivity contribution in [2.24, 2.45) is 0 Å². The number of aliphatic hydroxyl groups excluding tert-OH is 1. The normalized spacial score (nSPS) is 17.0. The minimum absolute atomic E-state index is 0.171. The average Bonchev–Trinajstić information content (AvgIpc) is 2.82. The number of aromatic nitrogens is 4. The summed E-state index contributed by atoms with van der Waals surface area (Å²) in [6.45, 7) is 6.46. The summed E-state index contributed by atoms with van der Waals surface area (Å²) in [6, 6.07) is 6.23. The first-order valence-electron chi connectivity index (χ1n) is 7.55. The van der Waals surface area contributed by atoms with Crippen LogP contribution in [0.3, 0.4) is 0 Å². The molecule has 1 aromatic carbocycles. The van der Waals surface area contributed by atoms with Gasteiger partial charge in [0.25, 0.3) is 0 Å². The van der Waals surface area contributed by atoms with Gasteiger partial charge >= 0.3 is 0 Å². The van der Waals surface area contributed by atoms with Gasteiger partial charge in [0.2, 0.25) is 4.77 Å². The largest absolute Gasteiger partial charge is 0.393 e. The van der Waals surface area contributed by atoms with E-state index in [1.165, 1.54) is 11.1 Å². The van der Waals surface area contributed by atoms with E-state index >= 15 is 0 Å². The molecule has 0 unspecified atom stereocenters. The molecule has 1 N–H and O–H groups in total. The van der Waals surface area contributed by atoms with Crippen LogP contribution < -0.4 is 0 Å². The molecule has 0 amide bonds. The molecule has 0 spiro atoms. The molecule has 1 saturated heterocycles. The number of nitrogens with zero attached hydrogens (tertiary/aromatic N) is 5. The van der Waals surface area contributed by atoms with E-state index in [9.17, 15) is 5.11 Å². The molecule has 2 aromatic rings. The van der Waals surface area contributed by atoms with Crippen LogP contribution >= 0.6 is 12.2 Å². The summed E-state index contributed by atoms with van der Waals surface area (Å²) >= 11 is 5.51. The van der Waals surface area contributed by atoms with Gasteiger partial charge in [-0.15, -0.1) is 0 Å². The van der Waals surface area contributed by atoms with Crippen molar-refractivity contribution in [1.82, 2.24) is 24.7 Å². The first-order valence-corrected chi connectivity index (χ1v) is 7.95. The number of likely N-dealkylation sites (tertiary alicyclic amines) is 1. The Bertz CT molecular complexity index is 695. The summed E-state index contributed by atoms with van der Waals surface area (Å²) in [5.74, 6) is 0. The van der Waals surface area contributed by atoms with Crippen molar-refractivity contribution in [1.29, 1.82) is 0 Å². The van der Waals surface area contributed by atoms with Crippen LogP contribution in [0, 0.1) is 18.6 Å². The Labute approximate surface area is 135 Å². The zero-order valence-corrected chi connectivity index (χ0v) is 13.8. The van der Waals surface area contributed by atoms with Gasteiger partial charge in [0, 0.05) is 13.1 Å². The number of hydrogen-bond donors (Lipinski definition) is 1. The molecule has 6 nitrogen and oxygen atoms in total. The lowest BCUT2D eigenvalue weighted by atomic mass is 10.1. The summed E-state index contributed by atoms with van der Waals surface area (Å²) in [6.07, 6.45) is 1.44. The Morgan fingerprint density at radius 1 is 1.14 bits per heavy atom. The smallest absolute Gasteiger partial charge is 0.221 e. The van der Waals surface area contributed by atoms with Crippen molar-refractivity contribution in [2.75, 3.05) is 13.1 Å². The molecule has 0 saturated carbocycles. The number of aryl methyl sites for hydroxylation is 2. The predicted molar refractivity (Wildman–Crippen MR) is 86.5 cm³/mol. The highest BCUT2D eigenvalue weighted by Gasteiger charge is 2.18. The quantitative estimate of drug-likeness (QED) is 0.875. The second kappa shape index (κ2) is 6.28. The Morgan fingerprint density at radius 3 is 2.41 bits per heavy atom. The van der Waals surface area contributed by atoms with Gasteiger partial charge in [0.15, 0.2) is 0 Å². The maximum atomic E-state index is 9.57. The fourth-order valence-electron chi connectivity index (χ4n) is 2.85. The van der Waals surface area contributed by atoms with Crippen molar-refractivity contribution in [3.8, 4) is 5.69 Å². The van der Waals surface area contributed by atoms with E-state index in [1.54, 1.807) is 9.36 Å². The highest BCUT2D eigenvalue weighted by Crippen LogP contribution is 2.14. The van der Waals surface area contributed by atoms with E-state index in [2.05, 4.69) is 47.4 Å². The molecule has 1 aliphatic heterocycles. The summed E-state index contributed by atoms with van der Waals surface area (Å²) < 4.78 is 4.04. The molecule has 0 radical (unpaired) electrons. The fourth-order valence-corrected chi connectivity index (χ4v) is 3.08. The summed E-state index contributed by atoms with van der Waals surface area (Å²) in [7, 11) is 0. The van der Waals surface area contributed by atoms with E-state index in [4.69, 9.17) is 12.2 Å². The zero-order chi connectivity index (χ0) is 15.7. The van der Waals surface area contributed by atoms with Crippen LogP contribution in [0.25, 0.3) is 5.69 Å². The number of benzene rings is 1. The Kier molecular flexibility index (Phi) is 4.37. The monoisotopic (exact) mass is 319 g/mol. The molecule has 0 atom stereocenters. The van der Waals surface area contributed by atoms with Crippen LogP contribution in [0.15, 0.2) is 18.2 Å². The number of piperidine rings is 1. The first kappa shape index (κ1) is 15.3. The van der Waals surface area contributed by atoms with Crippen LogP contribution in [0.2, 0.25) is 0 Å². The third-order valence-electron chi connectivity index (χ3n) is 3.98. The summed E-state index contributed by atoms with van der Waals surface area (Å²) in [4.78, 5) is 2.24. The molecule has 1 aliphatic rings. The topological polar surface area (TPSA) is 59.1 Å². The van der Waals surface area contributed by atoms with Crippen LogP contribution in [0.1, 0.15) is 24.0 Å². The number of hydrogen-bond acceptors (Lipinski definition) is 5. The minimum Gasteiger partial charge on any atom is -0.393 e. The van der Waals surface area contributed by atoms with Crippen molar-refractivity contribution in [3.63, 3.8) is 0 Å². The molecule has 1 fully saturated rings. The minimum atomic E-state index is -0.171. The maximum Gasteiger partial charge on any atom is 0.221 e. The molecule has 7 heteroatoms. The molecule has 3 rings (SSSR count). The van der Waals surface area contributed by atoms with Crippen molar-refractivity contribution in [2.45, 2.75) is 39.5 Å². The van der Waals surface area contributed by atoms with E-state index in [1.807, 2.05) is 0 Å². The molecule has 118 valence electrons. The summed E-state index contributed by atoms with van der Waals surface area (Å²) in [5.41, 5.74) is 3.30. The number of tetrazole rings is 1. The Balaban J connectivity index is 1.81. The van der Waals surface area contributed by atoms with E-state index in [-0.39, 0.29) is 6.10 Å². The highest BCUT2D eigenvalue weighted by molar-refractivity contribution is 7.71. The van der Waals surface area contributed by atoms with Crippen LogP contribution in [-0.4, -0.2) is 49.0 Å². The third-order valence-corrected chi connectivity index (χ3v) is 4.37. The highest BCUT2D eigenvalue weighted by atomic mass is 32.1. The number of aliphatic hydroxyl groups is 1. The van der Waals surface area contributed by atoms with Gasteiger partial charge in [-0.1, -0.05) is 6.07 Å². The van der Waals surface area contributed by atoms with Gasteiger partial charge in [-0.3, -0.25) is 4.90 Å². The summed E-state index contributed by atoms with van der Waals surface area (Å²) in [5, 5.41) is 18.0. The van der Waals surface area contributed by atoms with E-state index in [0.717, 1.165) is 31.6 Å². The molecule has 22 heavy (non-hydrogen) atoms. The first-order chi connectivity index (χ1) is 10.5. The molecule has 2 heterocycles. The van der Waals surface area contributed by atoms with Gasteiger partial charge in [0.1, 0.15) is 0 Å². The number of rotatable bonds is 3. The lowest BCUT2D eigenvalue weighted by Crippen LogP contribution is -2.37. The lowest BCUT2D eigenvalue weighted by Gasteiger charge is -2.28. The molecule has 0 bridgehead atoms. The maximum absolute atomic E-state index is 9.57. The van der Waals surface area contributed by atoms with Crippen molar-refractivity contribution >= 4 is 12.2 Å². The Hall–Kier alpha value is -1.57. The average molecular weight is 319 g/mol. The molecular formula is C15H21N5OS. The predicted octanol–water partition coefficient (Wildman–Crippen LogP) is 1.83. The Morgan fingerprint density at radius 2 is 1.77 bits per heavy atom. The van der Waals surface area contributed by atoms with Crippen LogP contribution in [-0.2, 0) is 6.67 Å². The van der Waals surface area contributed by atoms with Crippen LogP contribution in [0.5, 0.6) is 0 Å². The van der Waals surface area contributed by atoms with Gasteiger partial charge in [-0.2, -0.15) is 4.68 Å². The molecule has 0 aliphatic carbocycles. The fraction of sp³-hybridized carbons (Fsp3) is 0.533. The zero-order valence-electron chi connectivity index (χ0n) is 12.9. The lowest BCUT2D eigenvalue weighted by molar-refractivity contribution is 0.0647. The van der Waals surface area contributed by atoms with Crippen molar-refractivity contribution < 1.29 is 5.11 Å². The second-order valence-electron chi connectivity index (χ2n) is 6.01. The van der Waals surface area contributed by atoms with Gasteiger partial charge < -0.3 is 5.11 Å². The van der Waals surface area contributed by atoms with E-state index < -0.39 is 0 Å². The molecule has 1 aromatic heterocycles.